The van der Waals surface area contributed by atoms with Crippen LogP contribution in [-0.4, -0.2) is 12.6 Å². The quantitative estimate of drug-likeness (QED) is 0.809. The summed E-state index contributed by atoms with van der Waals surface area (Å²) in [6.45, 7) is 0.395. The molecule has 2 aliphatic rings. The SMILES string of the molecule is Fc1cc(F)c2c(c1)OCC2NC1CC1. The summed E-state index contributed by atoms with van der Waals surface area (Å²) >= 11 is 0. The van der Waals surface area contributed by atoms with Gasteiger partial charge in [-0.1, -0.05) is 0 Å². The van der Waals surface area contributed by atoms with Gasteiger partial charge in [-0.2, -0.15) is 0 Å². The molecule has 3 rings (SSSR count). The Morgan fingerprint density at radius 3 is 2.80 bits per heavy atom. The zero-order valence-electron chi connectivity index (χ0n) is 8.09. The highest BCUT2D eigenvalue weighted by Gasteiger charge is 2.33. The molecule has 1 unspecified atom stereocenters. The molecule has 4 heteroatoms. The Labute approximate surface area is 86.2 Å². The Balaban J connectivity index is 1.93. The molecule has 15 heavy (non-hydrogen) atoms. The minimum atomic E-state index is -0.585. The Morgan fingerprint density at radius 1 is 1.27 bits per heavy atom. The number of halogens is 2. The summed E-state index contributed by atoms with van der Waals surface area (Å²) in [7, 11) is 0. The fraction of sp³-hybridized carbons (Fsp3) is 0.455. The van der Waals surface area contributed by atoms with E-state index >= 15 is 0 Å². The number of benzene rings is 1. The van der Waals surface area contributed by atoms with Crippen LogP contribution in [0, 0.1) is 11.6 Å². The number of hydrogen-bond donors (Lipinski definition) is 1. The third-order valence-corrected chi connectivity index (χ3v) is 2.82. The predicted molar refractivity (Wildman–Crippen MR) is 50.8 cm³/mol. The van der Waals surface area contributed by atoms with Gasteiger partial charge in [-0.05, 0) is 12.8 Å². The zero-order valence-corrected chi connectivity index (χ0v) is 8.09. The van der Waals surface area contributed by atoms with E-state index in [9.17, 15) is 8.78 Å². The fourth-order valence-electron chi connectivity index (χ4n) is 1.94. The molecule has 0 saturated heterocycles. The van der Waals surface area contributed by atoms with Crippen LogP contribution in [-0.2, 0) is 0 Å². The monoisotopic (exact) mass is 211 g/mol. The minimum Gasteiger partial charge on any atom is -0.491 e. The second kappa shape index (κ2) is 3.17. The first-order valence-corrected chi connectivity index (χ1v) is 5.12. The van der Waals surface area contributed by atoms with Crippen LogP contribution >= 0.6 is 0 Å². The third kappa shape index (κ3) is 1.59. The van der Waals surface area contributed by atoms with Crippen molar-refractivity contribution in [2.45, 2.75) is 24.9 Å². The first-order valence-electron chi connectivity index (χ1n) is 5.12. The second-order valence-electron chi connectivity index (χ2n) is 4.10. The normalized spacial score (nSPS) is 23.7. The van der Waals surface area contributed by atoms with Crippen molar-refractivity contribution in [1.29, 1.82) is 0 Å². The molecule has 1 atom stereocenters. The molecule has 1 aliphatic heterocycles. The van der Waals surface area contributed by atoms with Crippen molar-refractivity contribution in [1.82, 2.24) is 5.32 Å². The first-order chi connectivity index (χ1) is 7.24. The van der Waals surface area contributed by atoms with E-state index in [1.165, 1.54) is 6.07 Å². The van der Waals surface area contributed by atoms with Crippen molar-refractivity contribution < 1.29 is 13.5 Å². The molecule has 1 heterocycles. The Hall–Kier alpha value is -1.16. The second-order valence-corrected chi connectivity index (χ2v) is 4.10. The van der Waals surface area contributed by atoms with E-state index in [1.54, 1.807) is 0 Å². The largest absolute Gasteiger partial charge is 0.491 e. The van der Waals surface area contributed by atoms with Gasteiger partial charge in [-0.15, -0.1) is 0 Å². The molecule has 1 aliphatic carbocycles. The smallest absolute Gasteiger partial charge is 0.134 e. The van der Waals surface area contributed by atoms with Crippen molar-refractivity contribution in [3.8, 4) is 5.75 Å². The van der Waals surface area contributed by atoms with Gasteiger partial charge >= 0.3 is 0 Å². The molecule has 0 amide bonds. The molecule has 1 fully saturated rings. The lowest BCUT2D eigenvalue weighted by atomic mass is 10.1. The van der Waals surface area contributed by atoms with E-state index < -0.39 is 11.6 Å². The van der Waals surface area contributed by atoms with E-state index in [4.69, 9.17) is 4.74 Å². The van der Waals surface area contributed by atoms with E-state index in [0.29, 0.717) is 24.0 Å². The number of hydrogen-bond acceptors (Lipinski definition) is 2. The average molecular weight is 211 g/mol. The van der Waals surface area contributed by atoms with Crippen LogP contribution in [0.1, 0.15) is 24.4 Å². The molecular formula is C11H11F2NO. The van der Waals surface area contributed by atoms with Gasteiger partial charge in [-0.3, -0.25) is 0 Å². The fourth-order valence-corrected chi connectivity index (χ4v) is 1.94. The molecule has 0 bridgehead atoms. The molecule has 0 aromatic heterocycles. The Kier molecular flexibility index (Phi) is 1.92. The average Bonchev–Trinajstić information content (AvgIpc) is 2.87. The molecule has 1 aromatic rings. The lowest BCUT2D eigenvalue weighted by Crippen LogP contribution is -2.25. The molecule has 0 radical (unpaired) electrons. The van der Waals surface area contributed by atoms with E-state index in [0.717, 1.165) is 18.9 Å². The third-order valence-electron chi connectivity index (χ3n) is 2.82. The molecule has 1 saturated carbocycles. The van der Waals surface area contributed by atoms with Crippen molar-refractivity contribution in [3.05, 3.63) is 29.3 Å². The van der Waals surface area contributed by atoms with Crippen LogP contribution in [0.5, 0.6) is 5.75 Å². The minimum absolute atomic E-state index is 0.118. The maximum atomic E-state index is 13.5. The van der Waals surface area contributed by atoms with Crippen LogP contribution in [0.2, 0.25) is 0 Å². The maximum Gasteiger partial charge on any atom is 0.134 e. The predicted octanol–water partition coefficient (Wildman–Crippen LogP) is 2.15. The highest BCUT2D eigenvalue weighted by atomic mass is 19.1. The van der Waals surface area contributed by atoms with Crippen molar-refractivity contribution in [2.75, 3.05) is 6.61 Å². The number of ether oxygens (including phenoxy) is 1. The number of rotatable bonds is 2. The van der Waals surface area contributed by atoms with Gasteiger partial charge in [0, 0.05) is 18.2 Å². The molecule has 1 N–H and O–H groups in total. The summed E-state index contributed by atoms with van der Waals surface area (Å²) in [6, 6.07) is 2.52. The van der Waals surface area contributed by atoms with Crippen molar-refractivity contribution in [2.24, 2.45) is 0 Å². The van der Waals surface area contributed by atoms with Gasteiger partial charge in [-0.25, -0.2) is 8.78 Å². The van der Waals surface area contributed by atoms with Crippen LogP contribution in [0.25, 0.3) is 0 Å². The molecule has 2 nitrogen and oxygen atoms in total. The first kappa shape index (κ1) is 9.09. The lowest BCUT2D eigenvalue weighted by Gasteiger charge is -2.10. The molecule has 0 spiro atoms. The molecule has 80 valence electrons. The highest BCUT2D eigenvalue weighted by Crippen LogP contribution is 2.37. The van der Waals surface area contributed by atoms with Crippen LogP contribution in [0.3, 0.4) is 0 Å². The van der Waals surface area contributed by atoms with Gasteiger partial charge in [0.2, 0.25) is 0 Å². The molecular weight excluding hydrogens is 200 g/mol. The summed E-state index contributed by atoms with van der Waals surface area (Å²) in [6.07, 6.45) is 2.27. The van der Waals surface area contributed by atoms with Crippen LogP contribution < -0.4 is 10.1 Å². The topological polar surface area (TPSA) is 21.3 Å². The van der Waals surface area contributed by atoms with Crippen LogP contribution in [0.15, 0.2) is 12.1 Å². The zero-order chi connectivity index (χ0) is 10.4. The van der Waals surface area contributed by atoms with Gasteiger partial charge in [0.1, 0.15) is 24.0 Å². The number of fused-ring (bicyclic) bond motifs is 1. The van der Waals surface area contributed by atoms with Crippen molar-refractivity contribution >= 4 is 0 Å². The van der Waals surface area contributed by atoms with E-state index in [-0.39, 0.29) is 6.04 Å². The Morgan fingerprint density at radius 2 is 2.07 bits per heavy atom. The van der Waals surface area contributed by atoms with Crippen molar-refractivity contribution in [3.63, 3.8) is 0 Å². The number of nitrogens with one attached hydrogen (secondary N) is 1. The van der Waals surface area contributed by atoms with Crippen LogP contribution in [0.4, 0.5) is 8.78 Å². The lowest BCUT2D eigenvalue weighted by molar-refractivity contribution is 0.309. The summed E-state index contributed by atoms with van der Waals surface area (Å²) < 4.78 is 31.7. The van der Waals surface area contributed by atoms with Gasteiger partial charge in [0.15, 0.2) is 0 Å². The Bertz CT molecular complexity index is 404. The van der Waals surface area contributed by atoms with E-state index in [2.05, 4.69) is 5.32 Å². The van der Waals surface area contributed by atoms with Gasteiger partial charge < -0.3 is 10.1 Å². The summed E-state index contributed by atoms with van der Waals surface area (Å²) in [4.78, 5) is 0. The summed E-state index contributed by atoms with van der Waals surface area (Å²) in [5, 5.41) is 3.28. The maximum absolute atomic E-state index is 13.5. The molecule has 1 aromatic carbocycles. The van der Waals surface area contributed by atoms with Gasteiger partial charge in [0.05, 0.1) is 11.6 Å². The van der Waals surface area contributed by atoms with Gasteiger partial charge in [0.25, 0.3) is 0 Å². The summed E-state index contributed by atoms with van der Waals surface area (Å²) in [5.41, 5.74) is 0.475. The highest BCUT2D eigenvalue weighted by molar-refractivity contribution is 5.41. The standard InChI is InChI=1S/C11H11F2NO/c12-6-3-8(13)11-9(14-7-1-2-7)5-15-10(11)4-6/h3-4,7,9,14H,1-2,5H2. The van der Waals surface area contributed by atoms with E-state index in [1.807, 2.05) is 0 Å². The summed E-state index contributed by atoms with van der Waals surface area (Å²) in [5.74, 6) is -0.760.